The van der Waals surface area contributed by atoms with E-state index in [4.69, 9.17) is 11.6 Å². The van der Waals surface area contributed by atoms with E-state index in [-0.39, 0.29) is 24.9 Å². The predicted molar refractivity (Wildman–Crippen MR) is 73.7 cm³/mol. The summed E-state index contributed by atoms with van der Waals surface area (Å²) in [5.74, 6) is -0.757. The monoisotopic (exact) mass is 298 g/mol. The van der Waals surface area contributed by atoms with E-state index in [0.29, 0.717) is 17.0 Å². The molecule has 1 aromatic carbocycles. The number of carbonyl (C=O) groups excluding carboxylic acids is 2. The van der Waals surface area contributed by atoms with Gasteiger partial charge in [-0.1, -0.05) is 24.9 Å². The van der Waals surface area contributed by atoms with Crippen LogP contribution in [-0.2, 0) is 16.1 Å². The zero-order chi connectivity index (χ0) is 14.7. The van der Waals surface area contributed by atoms with Crippen molar-refractivity contribution in [2.75, 3.05) is 6.54 Å². The Bertz CT molecular complexity index is 536. The number of rotatable bonds is 4. The smallest absolute Gasteiger partial charge is 0.243 e. The molecule has 1 aliphatic heterocycles. The normalized spacial score (nSPS) is 19.1. The van der Waals surface area contributed by atoms with Crippen LogP contribution < -0.4 is 5.32 Å². The second kappa shape index (κ2) is 6.22. The zero-order valence-corrected chi connectivity index (χ0v) is 11.9. The first-order chi connectivity index (χ1) is 9.52. The Balaban J connectivity index is 2.25. The van der Waals surface area contributed by atoms with Gasteiger partial charge in [0.1, 0.15) is 11.9 Å². The van der Waals surface area contributed by atoms with Gasteiger partial charge < -0.3 is 10.2 Å². The van der Waals surface area contributed by atoms with E-state index in [0.717, 1.165) is 6.42 Å². The summed E-state index contributed by atoms with van der Waals surface area (Å²) in [7, 11) is 0. The Kier molecular flexibility index (Phi) is 4.60. The first-order valence-corrected chi connectivity index (χ1v) is 6.91. The topological polar surface area (TPSA) is 49.4 Å². The number of hydrogen-bond donors (Lipinski definition) is 1. The maximum atomic E-state index is 13.3. The number of hydrogen-bond acceptors (Lipinski definition) is 2. The quantitative estimate of drug-likeness (QED) is 0.925. The number of carbonyl (C=O) groups is 2. The van der Waals surface area contributed by atoms with Crippen molar-refractivity contribution in [2.45, 2.75) is 32.4 Å². The number of halogens is 2. The van der Waals surface area contributed by atoms with Gasteiger partial charge in [0.05, 0.1) is 6.54 Å². The highest BCUT2D eigenvalue weighted by molar-refractivity contribution is 6.31. The van der Waals surface area contributed by atoms with Gasteiger partial charge in [0.25, 0.3) is 0 Å². The summed E-state index contributed by atoms with van der Waals surface area (Å²) >= 11 is 6.02. The molecule has 1 heterocycles. The van der Waals surface area contributed by atoms with E-state index in [2.05, 4.69) is 5.32 Å². The molecule has 0 radical (unpaired) electrons. The minimum absolute atomic E-state index is 0.0218. The third-order valence-electron chi connectivity index (χ3n) is 3.32. The van der Waals surface area contributed by atoms with Crippen molar-refractivity contribution >= 4 is 23.4 Å². The number of nitrogens with zero attached hydrogens (tertiary/aromatic N) is 1. The van der Waals surface area contributed by atoms with Gasteiger partial charge in [-0.2, -0.15) is 0 Å². The average Bonchev–Trinajstić information content (AvgIpc) is 2.42. The van der Waals surface area contributed by atoms with Crippen LogP contribution in [0.4, 0.5) is 4.39 Å². The van der Waals surface area contributed by atoms with Crippen molar-refractivity contribution < 1.29 is 14.0 Å². The van der Waals surface area contributed by atoms with E-state index >= 15 is 0 Å². The van der Waals surface area contributed by atoms with Gasteiger partial charge in [-0.05, 0) is 30.2 Å². The first kappa shape index (κ1) is 14.8. The van der Waals surface area contributed by atoms with E-state index in [9.17, 15) is 14.0 Å². The molecule has 1 saturated heterocycles. The molecule has 0 spiro atoms. The minimum Gasteiger partial charge on any atom is -0.345 e. The molecule has 108 valence electrons. The maximum Gasteiger partial charge on any atom is 0.243 e. The molecule has 1 aromatic rings. The lowest BCUT2D eigenvalue weighted by Crippen LogP contribution is -2.57. The second-order valence-corrected chi connectivity index (χ2v) is 5.19. The zero-order valence-electron chi connectivity index (χ0n) is 11.2. The summed E-state index contributed by atoms with van der Waals surface area (Å²) in [6, 6.07) is 3.50. The van der Waals surface area contributed by atoms with Crippen molar-refractivity contribution in [3.63, 3.8) is 0 Å². The fourth-order valence-electron chi connectivity index (χ4n) is 2.30. The molecule has 1 N–H and O–H groups in total. The number of amides is 2. The van der Waals surface area contributed by atoms with Crippen molar-refractivity contribution in [1.29, 1.82) is 0 Å². The molecule has 2 amide bonds. The molecule has 0 aromatic heterocycles. The minimum atomic E-state index is -0.513. The maximum absolute atomic E-state index is 13.3. The molecular weight excluding hydrogens is 283 g/mol. The fourth-order valence-corrected chi connectivity index (χ4v) is 2.48. The van der Waals surface area contributed by atoms with Crippen LogP contribution >= 0.6 is 11.6 Å². The number of nitrogens with one attached hydrogen (secondary N) is 1. The van der Waals surface area contributed by atoms with E-state index in [1.54, 1.807) is 0 Å². The van der Waals surface area contributed by atoms with Gasteiger partial charge in [0.2, 0.25) is 11.8 Å². The lowest BCUT2D eigenvalue weighted by Gasteiger charge is -2.35. The first-order valence-electron chi connectivity index (χ1n) is 6.54. The van der Waals surface area contributed by atoms with Crippen LogP contribution in [0.3, 0.4) is 0 Å². The molecular formula is C14H16ClFN2O2. The molecule has 0 saturated carbocycles. The van der Waals surface area contributed by atoms with Gasteiger partial charge in [0, 0.05) is 11.6 Å². The van der Waals surface area contributed by atoms with Gasteiger partial charge in [-0.25, -0.2) is 4.39 Å². The van der Waals surface area contributed by atoms with Gasteiger partial charge >= 0.3 is 0 Å². The van der Waals surface area contributed by atoms with Crippen LogP contribution in [0.25, 0.3) is 0 Å². The van der Waals surface area contributed by atoms with E-state index in [1.165, 1.54) is 23.1 Å². The standard InChI is InChI=1S/C14H16ClFN2O2/c1-2-3-12-14(20)17-7-13(19)18(12)8-9-6-10(16)4-5-11(9)15/h4-6,12H,2-3,7-8H2,1H3,(H,17,20). The second-order valence-electron chi connectivity index (χ2n) is 4.78. The van der Waals surface area contributed by atoms with Crippen LogP contribution in [-0.4, -0.2) is 29.3 Å². The Morgan fingerprint density at radius 1 is 1.45 bits per heavy atom. The van der Waals surface area contributed by atoms with Crippen LogP contribution in [0.5, 0.6) is 0 Å². The lowest BCUT2D eigenvalue weighted by atomic mass is 10.1. The van der Waals surface area contributed by atoms with Crippen LogP contribution in [0.2, 0.25) is 5.02 Å². The van der Waals surface area contributed by atoms with Crippen molar-refractivity contribution in [3.05, 3.63) is 34.6 Å². The highest BCUT2D eigenvalue weighted by Gasteiger charge is 2.33. The molecule has 2 rings (SSSR count). The van der Waals surface area contributed by atoms with Gasteiger partial charge in [0.15, 0.2) is 0 Å². The molecule has 0 aliphatic carbocycles. The molecule has 1 aliphatic rings. The summed E-state index contributed by atoms with van der Waals surface area (Å²) in [5, 5.41) is 2.96. The van der Waals surface area contributed by atoms with Crippen LogP contribution in [0.15, 0.2) is 18.2 Å². The summed E-state index contributed by atoms with van der Waals surface area (Å²) in [4.78, 5) is 25.3. The third-order valence-corrected chi connectivity index (χ3v) is 3.69. The van der Waals surface area contributed by atoms with Crippen LogP contribution in [0, 0.1) is 5.82 Å². The van der Waals surface area contributed by atoms with E-state index in [1.807, 2.05) is 6.92 Å². The highest BCUT2D eigenvalue weighted by Crippen LogP contribution is 2.22. The fraction of sp³-hybridized carbons (Fsp3) is 0.429. The number of piperazine rings is 1. The lowest BCUT2D eigenvalue weighted by molar-refractivity contribution is -0.146. The van der Waals surface area contributed by atoms with Crippen molar-refractivity contribution in [3.8, 4) is 0 Å². The molecule has 1 unspecified atom stereocenters. The molecule has 6 heteroatoms. The Morgan fingerprint density at radius 2 is 2.20 bits per heavy atom. The Hall–Kier alpha value is -1.62. The van der Waals surface area contributed by atoms with Crippen molar-refractivity contribution in [2.24, 2.45) is 0 Å². The summed E-state index contributed by atoms with van der Waals surface area (Å²) in [5.41, 5.74) is 0.510. The van der Waals surface area contributed by atoms with Gasteiger partial charge in [-0.15, -0.1) is 0 Å². The number of benzene rings is 1. The van der Waals surface area contributed by atoms with Gasteiger partial charge in [-0.3, -0.25) is 9.59 Å². The SMILES string of the molecule is CCCC1C(=O)NCC(=O)N1Cc1cc(F)ccc1Cl. The third kappa shape index (κ3) is 3.10. The largest absolute Gasteiger partial charge is 0.345 e. The molecule has 1 atom stereocenters. The highest BCUT2D eigenvalue weighted by atomic mass is 35.5. The van der Waals surface area contributed by atoms with Crippen molar-refractivity contribution in [1.82, 2.24) is 10.2 Å². The molecule has 20 heavy (non-hydrogen) atoms. The Morgan fingerprint density at radius 3 is 2.90 bits per heavy atom. The summed E-state index contributed by atoms with van der Waals surface area (Å²) < 4.78 is 13.3. The Labute approximate surface area is 121 Å². The molecule has 0 bridgehead atoms. The summed E-state index contributed by atoms with van der Waals surface area (Å²) in [6.07, 6.45) is 1.35. The predicted octanol–water partition coefficient (Wildman–Crippen LogP) is 2.11. The summed E-state index contributed by atoms with van der Waals surface area (Å²) in [6.45, 7) is 2.07. The average molecular weight is 299 g/mol. The molecule has 4 nitrogen and oxygen atoms in total. The van der Waals surface area contributed by atoms with Crippen LogP contribution in [0.1, 0.15) is 25.3 Å². The van der Waals surface area contributed by atoms with E-state index < -0.39 is 11.9 Å². The molecule has 1 fully saturated rings.